The zero-order valence-electron chi connectivity index (χ0n) is 11.0. The normalized spacial score (nSPS) is 33.7. The number of piperidine rings is 2. The Morgan fingerprint density at radius 2 is 1.78 bits per heavy atom. The van der Waals surface area contributed by atoms with E-state index in [2.05, 4.69) is 17.3 Å². The van der Waals surface area contributed by atoms with E-state index in [9.17, 15) is 13.2 Å². The van der Waals surface area contributed by atoms with E-state index in [-0.39, 0.29) is 6.42 Å². The number of alkyl halides is 3. The van der Waals surface area contributed by atoms with Crippen LogP contribution in [0.4, 0.5) is 13.2 Å². The van der Waals surface area contributed by atoms with Crippen molar-refractivity contribution in [2.24, 2.45) is 0 Å². The molecule has 2 atom stereocenters. The van der Waals surface area contributed by atoms with Crippen LogP contribution in [-0.2, 0) is 0 Å². The fourth-order valence-corrected chi connectivity index (χ4v) is 3.38. The van der Waals surface area contributed by atoms with Crippen molar-refractivity contribution >= 4 is 0 Å². The van der Waals surface area contributed by atoms with Crippen LogP contribution in [0.2, 0.25) is 0 Å². The highest BCUT2D eigenvalue weighted by atomic mass is 19.4. The Hall–Kier alpha value is -0.290. The molecule has 2 saturated heterocycles. The number of halogens is 3. The fourth-order valence-electron chi connectivity index (χ4n) is 3.38. The van der Waals surface area contributed by atoms with Gasteiger partial charge in [-0.05, 0) is 45.7 Å². The minimum atomic E-state index is -4.01. The molecular weight excluding hydrogens is 241 g/mol. The summed E-state index contributed by atoms with van der Waals surface area (Å²) < 4.78 is 36.1. The summed E-state index contributed by atoms with van der Waals surface area (Å²) in [6, 6.07) is 1.69. The lowest BCUT2D eigenvalue weighted by Crippen LogP contribution is -2.54. The molecule has 2 rings (SSSR count). The van der Waals surface area contributed by atoms with Gasteiger partial charge < -0.3 is 10.2 Å². The van der Waals surface area contributed by atoms with Crippen LogP contribution in [0.3, 0.4) is 0 Å². The molecule has 2 heterocycles. The van der Waals surface area contributed by atoms with E-state index < -0.39 is 12.6 Å². The van der Waals surface area contributed by atoms with Crippen LogP contribution in [0.1, 0.15) is 44.9 Å². The molecule has 0 aromatic carbocycles. The zero-order chi connectivity index (χ0) is 13.2. The first-order valence-electron chi connectivity index (χ1n) is 6.98. The standard InChI is InChI=1S/C13H23F3N2/c1-18-11-4-2-5-12(18)9-10(8-11)17-7-3-6-13(14,15)16/h10-12,17H,2-9H2,1H3. The molecule has 0 aromatic heterocycles. The molecule has 18 heavy (non-hydrogen) atoms. The Bertz CT molecular complexity index is 253. The van der Waals surface area contributed by atoms with E-state index in [0.29, 0.717) is 24.7 Å². The zero-order valence-corrected chi connectivity index (χ0v) is 11.0. The van der Waals surface area contributed by atoms with E-state index in [1.807, 2.05) is 0 Å². The van der Waals surface area contributed by atoms with Gasteiger partial charge in [0, 0.05) is 24.5 Å². The first-order valence-corrected chi connectivity index (χ1v) is 6.98. The molecular formula is C13H23F3N2. The number of hydrogen-bond donors (Lipinski definition) is 1. The first kappa shape index (κ1) is 14.1. The maximum absolute atomic E-state index is 12.0. The molecule has 2 bridgehead atoms. The largest absolute Gasteiger partial charge is 0.389 e. The summed E-state index contributed by atoms with van der Waals surface area (Å²) >= 11 is 0. The van der Waals surface area contributed by atoms with Gasteiger partial charge >= 0.3 is 6.18 Å². The molecule has 0 saturated carbocycles. The predicted molar refractivity (Wildman–Crippen MR) is 65.5 cm³/mol. The Kier molecular flexibility index (Phi) is 4.54. The van der Waals surface area contributed by atoms with Gasteiger partial charge in [0.25, 0.3) is 0 Å². The number of rotatable bonds is 4. The lowest BCUT2D eigenvalue weighted by atomic mass is 9.82. The molecule has 2 aliphatic heterocycles. The first-order chi connectivity index (χ1) is 8.46. The van der Waals surface area contributed by atoms with E-state index in [1.165, 1.54) is 19.3 Å². The number of fused-ring (bicyclic) bond motifs is 2. The summed E-state index contributed by atoms with van der Waals surface area (Å²) in [7, 11) is 2.19. The summed E-state index contributed by atoms with van der Waals surface area (Å²) in [5, 5.41) is 3.32. The Balaban J connectivity index is 1.68. The topological polar surface area (TPSA) is 15.3 Å². The quantitative estimate of drug-likeness (QED) is 0.785. The van der Waals surface area contributed by atoms with Crippen LogP contribution in [0.5, 0.6) is 0 Å². The molecule has 2 aliphatic rings. The van der Waals surface area contributed by atoms with Crippen molar-refractivity contribution in [3.63, 3.8) is 0 Å². The van der Waals surface area contributed by atoms with Crippen LogP contribution < -0.4 is 5.32 Å². The maximum Gasteiger partial charge on any atom is 0.389 e. The van der Waals surface area contributed by atoms with E-state index in [0.717, 1.165) is 12.8 Å². The van der Waals surface area contributed by atoms with Gasteiger partial charge in [-0.15, -0.1) is 0 Å². The second kappa shape index (κ2) is 5.78. The summed E-state index contributed by atoms with van der Waals surface area (Å²) in [5.41, 5.74) is 0. The molecule has 5 heteroatoms. The third-order valence-electron chi connectivity index (χ3n) is 4.41. The molecule has 2 unspecified atom stereocenters. The SMILES string of the molecule is CN1C2CCCC1CC(NCCCC(F)(F)F)C2. The minimum absolute atomic E-state index is 0.200. The number of hydrogen-bond acceptors (Lipinski definition) is 2. The summed E-state index contributed by atoms with van der Waals surface area (Å²) in [5.74, 6) is 0. The molecule has 0 aliphatic carbocycles. The number of nitrogens with one attached hydrogen (secondary N) is 1. The Morgan fingerprint density at radius 3 is 2.33 bits per heavy atom. The molecule has 0 radical (unpaired) electrons. The third-order valence-corrected chi connectivity index (χ3v) is 4.41. The minimum Gasteiger partial charge on any atom is -0.314 e. The number of nitrogens with zero attached hydrogens (tertiary/aromatic N) is 1. The van der Waals surface area contributed by atoms with Crippen molar-refractivity contribution in [3.05, 3.63) is 0 Å². The maximum atomic E-state index is 12.0. The van der Waals surface area contributed by atoms with Crippen LogP contribution >= 0.6 is 0 Å². The van der Waals surface area contributed by atoms with Gasteiger partial charge in [0.1, 0.15) is 0 Å². The van der Waals surface area contributed by atoms with E-state index in [1.54, 1.807) is 0 Å². The van der Waals surface area contributed by atoms with Crippen LogP contribution in [0, 0.1) is 0 Å². The lowest BCUT2D eigenvalue weighted by Gasteiger charge is -2.47. The second-order valence-corrected chi connectivity index (χ2v) is 5.75. The summed E-state index contributed by atoms with van der Waals surface area (Å²) in [6.07, 6.45) is 1.51. The van der Waals surface area contributed by atoms with Crippen LogP contribution in [-0.4, -0.2) is 42.8 Å². The van der Waals surface area contributed by atoms with Gasteiger partial charge in [0.05, 0.1) is 0 Å². The van der Waals surface area contributed by atoms with Gasteiger partial charge in [-0.1, -0.05) is 6.42 Å². The van der Waals surface area contributed by atoms with Crippen molar-refractivity contribution in [2.75, 3.05) is 13.6 Å². The monoisotopic (exact) mass is 264 g/mol. The van der Waals surface area contributed by atoms with Crippen LogP contribution in [0.15, 0.2) is 0 Å². The van der Waals surface area contributed by atoms with Crippen molar-refractivity contribution in [1.29, 1.82) is 0 Å². The summed E-state index contributed by atoms with van der Waals surface area (Å²) in [6.45, 7) is 0.493. The molecule has 0 aromatic rings. The van der Waals surface area contributed by atoms with Gasteiger partial charge in [0.2, 0.25) is 0 Å². The molecule has 0 amide bonds. The highest BCUT2D eigenvalue weighted by molar-refractivity contribution is 4.93. The van der Waals surface area contributed by atoms with Gasteiger partial charge in [-0.3, -0.25) is 0 Å². The third kappa shape index (κ3) is 3.85. The van der Waals surface area contributed by atoms with Gasteiger partial charge in [-0.2, -0.15) is 13.2 Å². The average molecular weight is 264 g/mol. The smallest absolute Gasteiger partial charge is 0.314 e. The highest BCUT2D eigenvalue weighted by Crippen LogP contribution is 2.32. The Morgan fingerprint density at radius 1 is 1.17 bits per heavy atom. The van der Waals surface area contributed by atoms with Gasteiger partial charge in [-0.25, -0.2) is 0 Å². The van der Waals surface area contributed by atoms with Crippen molar-refractivity contribution in [2.45, 2.75) is 69.2 Å². The molecule has 106 valence electrons. The van der Waals surface area contributed by atoms with E-state index >= 15 is 0 Å². The van der Waals surface area contributed by atoms with Crippen molar-refractivity contribution < 1.29 is 13.2 Å². The lowest BCUT2D eigenvalue weighted by molar-refractivity contribution is -0.135. The van der Waals surface area contributed by atoms with Crippen molar-refractivity contribution in [1.82, 2.24) is 10.2 Å². The molecule has 2 fully saturated rings. The van der Waals surface area contributed by atoms with E-state index in [4.69, 9.17) is 0 Å². The second-order valence-electron chi connectivity index (χ2n) is 5.75. The van der Waals surface area contributed by atoms with Crippen LogP contribution in [0.25, 0.3) is 0 Å². The molecule has 0 spiro atoms. The molecule has 1 N–H and O–H groups in total. The average Bonchev–Trinajstić information content (AvgIpc) is 2.24. The molecule has 2 nitrogen and oxygen atoms in total. The summed E-state index contributed by atoms with van der Waals surface area (Å²) in [4.78, 5) is 2.47. The van der Waals surface area contributed by atoms with Crippen molar-refractivity contribution in [3.8, 4) is 0 Å². The fraction of sp³-hybridized carbons (Fsp3) is 1.00. The Labute approximate surface area is 107 Å². The predicted octanol–water partition coefficient (Wildman–Crippen LogP) is 2.93. The highest BCUT2D eigenvalue weighted by Gasteiger charge is 2.35. The van der Waals surface area contributed by atoms with Gasteiger partial charge in [0.15, 0.2) is 0 Å².